The van der Waals surface area contributed by atoms with E-state index in [0.717, 1.165) is 173 Å². The normalized spacial score (nSPS) is 12.5. The van der Waals surface area contributed by atoms with Gasteiger partial charge in [0.05, 0.1) is 50.5 Å². The summed E-state index contributed by atoms with van der Waals surface area (Å²) in [6.07, 6.45) is 0. The summed E-state index contributed by atoms with van der Waals surface area (Å²) in [4.78, 5) is 5.33. The molecule has 0 atom stereocenters. The summed E-state index contributed by atoms with van der Waals surface area (Å²) < 4.78 is 12.9. The molecule has 0 aliphatic carbocycles. The number of anilines is 6. The Hall–Kier alpha value is -13.4. The molecule has 2 aliphatic rings. The van der Waals surface area contributed by atoms with Gasteiger partial charge in [-0.25, -0.2) is 0 Å². The third-order valence-corrected chi connectivity index (χ3v) is 21.5. The summed E-state index contributed by atoms with van der Waals surface area (Å²) in [6.45, 7) is -0.438. The Bertz CT molecular complexity index is 6210. The number of aromatic nitrogens is 2. The molecule has 0 fully saturated rings. The van der Waals surface area contributed by atoms with Gasteiger partial charge in [-0.05, 0) is 110 Å². The van der Waals surface area contributed by atoms with Crippen LogP contribution in [0.4, 0.5) is 34.1 Å². The lowest BCUT2D eigenvalue weighted by molar-refractivity contribution is 0.669. The van der Waals surface area contributed by atoms with Crippen LogP contribution in [0.3, 0.4) is 0 Å². The second-order valence-electron chi connectivity index (χ2n) is 26.9. The average Bonchev–Trinajstić information content (AvgIpc) is 1.07. The van der Waals surface area contributed by atoms with Crippen molar-refractivity contribution in [1.29, 1.82) is 0 Å². The maximum Gasteiger partial charge on any atom is 0.252 e. The molecule has 21 rings (SSSR count). The Morgan fingerprint density at radius 3 is 0.912 bits per heavy atom. The summed E-state index contributed by atoms with van der Waals surface area (Å²) >= 11 is 0. The fraction of sp³-hybridized carbons (Fsp3) is 0. The van der Waals surface area contributed by atoms with Gasteiger partial charge < -0.3 is 23.4 Å². The molecular formula is C96H61BN4O. The molecular weight excluding hydrogens is 1240 g/mol. The molecule has 0 unspecified atom stereocenters. The molecule has 19 aromatic rings. The average molecular weight is 1300 g/mol. The highest BCUT2D eigenvalue weighted by atomic mass is 16.3. The lowest BCUT2D eigenvalue weighted by Gasteiger charge is -2.46. The van der Waals surface area contributed by atoms with Gasteiger partial charge in [-0.2, -0.15) is 0 Å². The third-order valence-electron chi connectivity index (χ3n) is 21.5. The van der Waals surface area contributed by atoms with Gasteiger partial charge in [-0.1, -0.05) is 309 Å². The predicted octanol–water partition coefficient (Wildman–Crippen LogP) is 23.9. The van der Waals surface area contributed by atoms with Gasteiger partial charge in [0.2, 0.25) is 0 Å². The molecule has 5 nitrogen and oxygen atoms in total. The summed E-state index contributed by atoms with van der Waals surface area (Å²) in [5, 5.41) is 6.86. The van der Waals surface area contributed by atoms with Crippen molar-refractivity contribution >= 4 is 123 Å². The zero-order chi connectivity index (χ0) is 66.9. The van der Waals surface area contributed by atoms with Crippen molar-refractivity contribution in [3.63, 3.8) is 0 Å². The molecule has 2 aliphatic heterocycles. The van der Waals surface area contributed by atoms with E-state index in [1.165, 1.54) is 21.5 Å². The molecule has 0 bridgehead atoms. The lowest BCUT2D eigenvalue weighted by Crippen LogP contribution is -2.61. The number of benzene rings is 16. The van der Waals surface area contributed by atoms with Crippen molar-refractivity contribution in [3.8, 4) is 78.1 Å². The lowest BCUT2D eigenvalue weighted by atomic mass is 9.33. The van der Waals surface area contributed by atoms with Gasteiger partial charge in [0.1, 0.15) is 5.58 Å². The summed E-state index contributed by atoms with van der Waals surface area (Å²) in [5.74, 6) is 0. The van der Waals surface area contributed by atoms with Crippen molar-refractivity contribution in [1.82, 2.24) is 9.13 Å². The van der Waals surface area contributed by atoms with E-state index in [-0.39, 0.29) is 0 Å². The van der Waals surface area contributed by atoms with Crippen LogP contribution in [-0.2, 0) is 0 Å². The van der Waals surface area contributed by atoms with Crippen molar-refractivity contribution in [2.75, 3.05) is 9.80 Å². The minimum absolute atomic E-state index is 0.438. The zero-order valence-corrected chi connectivity index (χ0v) is 55.5. The molecule has 102 heavy (non-hydrogen) atoms. The van der Waals surface area contributed by atoms with Gasteiger partial charge in [-0.15, -0.1) is 0 Å². The van der Waals surface area contributed by atoms with Crippen LogP contribution >= 0.6 is 0 Å². The number of hydrogen-bond acceptors (Lipinski definition) is 3. The van der Waals surface area contributed by atoms with Gasteiger partial charge >= 0.3 is 0 Å². The highest BCUT2D eigenvalue weighted by Crippen LogP contribution is 2.57. The minimum Gasteiger partial charge on any atom is -0.454 e. The van der Waals surface area contributed by atoms with Crippen LogP contribution in [0.1, 0.15) is 0 Å². The fourth-order valence-electron chi connectivity index (χ4n) is 17.2. The molecule has 0 saturated heterocycles. The Balaban J connectivity index is 1.02. The highest BCUT2D eigenvalue weighted by Gasteiger charge is 2.48. The Kier molecular flexibility index (Phi) is 13.1. The zero-order valence-electron chi connectivity index (χ0n) is 55.5. The van der Waals surface area contributed by atoms with Crippen LogP contribution in [0.2, 0.25) is 0 Å². The number of furan rings is 1. The third kappa shape index (κ3) is 8.73. The van der Waals surface area contributed by atoms with Gasteiger partial charge in [0.15, 0.2) is 5.58 Å². The number of rotatable bonds is 10. The molecule has 0 radical (unpaired) electrons. The van der Waals surface area contributed by atoms with E-state index in [0.29, 0.717) is 0 Å². The van der Waals surface area contributed by atoms with E-state index in [9.17, 15) is 0 Å². The number of hydrogen-bond donors (Lipinski definition) is 0. The van der Waals surface area contributed by atoms with E-state index < -0.39 is 6.71 Å². The fourth-order valence-corrected chi connectivity index (χ4v) is 17.2. The first-order valence-corrected chi connectivity index (χ1v) is 35.2. The predicted molar refractivity (Wildman–Crippen MR) is 429 cm³/mol. The van der Waals surface area contributed by atoms with E-state index in [1.807, 2.05) is 0 Å². The molecule has 6 heteroatoms. The van der Waals surface area contributed by atoms with E-state index in [2.05, 4.69) is 389 Å². The second-order valence-corrected chi connectivity index (χ2v) is 26.9. The van der Waals surface area contributed by atoms with Crippen LogP contribution in [0, 0.1) is 0 Å². The summed E-state index contributed by atoms with van der Waals surface area (Å²) in [6, 6.07) is 137. The SMILES string of the molecule is c1ccc(-c2cc3c(cc2-n2c4ccccc4c4ccccc42)B2c4cc(-n5c6ccccc6c6ccccc65)c(-c5ccccc5)cc4N(c4c(-c5ccccc5)cccc4-c4ccccc4)c4c2c(cc2c4oc4ccccc42)N3c2c(-c3ccccc3)cccc2-c2ccccc2)cc1. The highest BCUT2D eigenvalue weighted by molar-refractivity contribution is 7.00. The van der Waals surface area contributed by atoms with Crippen LogP contribution < -0.4 is 26.2 Å². The van der Waals surface area contributed by atoms with Crippen molar-refractivity contribution in [2.45, 2.75) is 0 Å². The molecule has 16 aromatic carbocycles. The molecule has 474 valence electrons. The van der Waals surface area contributed by atoms with Crippen molar-refractivity contribution < 1.29 is 4.42 Å². The smallest absolute Gasteiger partial charge is 0.252 e. The summed E-state index contributed by atoms with van der Waals surface area (Å²) in [5.41, 5.74) is 31.3. The first-order valence-electron chi connectivity index (χ1n) is 35.2. The topological polar surface area (TPSA) is 29.5 Å². The standard InChI is InChI=1S/C96H61BN4O/c1-7-31-62(32-8-1)68-48-29-49-69(63-33-9-2-10-34-63)93(68)100-88-57-77(66-39-15-5-16-40-66)86(98-82-52-24-19-43-72(82)73-44-20-25-53-83(73)98)60-80(88)97-81-61-87(99-84-54-26-21-45-74(84)75-46-22-27-55-85(75)99)78(67-41-17-6-18-42-67)58-89(81)101(95-92(97)90(100)59-79-76-47-23-28-56-91(76)102-96(79)95)94-70(64-35-11-3-12-36-64)50-30-51-71(94)65-37-13-4-14-38-65/h1-61H. The number of fused-ring (bicyclic) bond motifs is 14. The van der Waals surface area contributed by atoms with Crippen LogP contribution in [0.5, 0.6) is 0 Å². The molecule has 0 N–H and O–H groups in total. The molecule has 0 spiro atoms. The van der Waals surface area contributed by atoms with Crippen LogP contribution in [-0.4, -0.2) is 15.8 Å². The molecule has 0 saturated carbocycles. The van der Waals surface area contributed by atoms with Crippen molar-refractivity contribution in [2.24, 2.45) is 0 Å². The maximum absolute atomic E-state index is 7.78. The number of para-hydroxylation sites is 7. The Morgan fingerprint density at radius 1 is 0.216 bits per heavy atom. The quantitative estimate of drug-likeness (QED) is 0.128. The second kappa shape index (κ2) is 23.1. The Labute approximate surface area is 590 Å². The molecule has 5 heterocycles. The Morgan fingerprint density at radius 2 is 0.529 bits per heavy atom. The van der Waals surface area contributed by atoms with Gasteiger partial charge in [0, 0.05) is 82.8 Å². The van der Waals surface area contributed by atoms with E-state index in [1.54, 1.807) is 0 Å². The van der Waals surface area contributed by atoms with E-state index in [4.69, 9.17) is 4.42 Å². The molecule has 0 amide bonds. The molecule has 3 aromatic heterocycles. The van der Waals surface area contributed by atoms with Crippen LogP contribution in [0.25, 0.3) is 144 Å². The van der Waals surface area contributed by atoms with Gasteiger partial charge in [-0.3, -0.25) is 0 Å². The monoisotopic (exact) mass is 1300 g/mol. The first kappa shape index (κ1) is 57.6. The minimum atomic E-state index is -0.438. The van der Waals surface area contributed by atoms with E-state index >= 15 is 0 Å². The van der Waals surface area contributed by atoms with Gasteiger partial charge in [0.25, 0.3) is 6.71 Å². The van der Waals surface area contributed by atoms with Crippen molar-refractivity contribution in [3.05, 3.63) is 370 Å². The number of nitrogens with zero attached hydrogens (tertiary/aromatic N) is 4. The first-order chi connectivity index (χ1) is 50.7. The summed E-state index contributed by atoms with van der Waals surface area (Å²) in [7, 11) is 0. The maximum atomic E-state index is 7.78. The largest absolute Gasteiger partial charge is 0.454 e. The van der Waals surface area contributed by atoms with Crippen LogP contribution in [0.15, 0.2) is 374 Å².